The molecule has 21 heavy (non-hydrogen) atoms. The summed E-state index contributed by atoms with van der Waals surface area (Å²) in [7, 11) is 0. The summed E-state index contributed by atoms with van der Waals surface area (Å²) in [4.78, 5) is 0. The van der Waals surface area contributed by atoms with Crippen LogP contribution >= 0.6 is 0 Å². The van der Waals surface area contributed by atoms with Crippen LogP contribution < -0.4 is 0 Å². The molecule has 0 heterocycles. The molecule has 112 valence electrons. The summed E-state index contributed by atoms with van der Waals surface area (Å²) in [6, 6.07) is 0. The molecule has 0 radical (unpaired) electrons. The molecule has 1 aliphatic rings. The van der Waals surface area contributed by atoms with Crippen molar-refractivity contribution in [2.75, 3.05) is 0 Å². The average Bonchev–Trinajstić information content (AvgIpc) is 2.43. The highest BCUT2D eigenvalue weighted by Crippen LogP contribution is 2.31. The molecule has 0 saturated carbocycles. The lowest BCUT2D eigenvalue weighted by atomic mass is 9.87. The predicted molar refractivity (Wildman–Crippen MR) is 91.7 cm³/mol. The zero-order valence-electron chi connectivity index (χ0n) is 13.5. The Labute approximate surface area is 128 Å². The molecule has 0 bridgehead atoms. The van der Waals surface area contributed by atoms with Crippen molar-refractivity contribution >= 4 is 0 Å². The summed E-state index contributed by atoms with van der Waals surface area (Å²) in [5, 5.41) is 0. The number of hydrogen-bond acceptors (Lipinski definition) is 0. The number of halogens is 1. The molecule has 0 aliphatic heterocycles. The lowest BCUT2D eigenvalue weighted by molar-refractivity contribution is 0.651. The first-order valence-electron chi connectivity index (χ1n) is 7.37. The van der Waals surface area contributed by atoms with Crippen molar-refractivity contribution in [3.8, 4) is 0 Å². The predicted octanol–water partition coefficient (Wildman–Crippen LogP) is 6.53. The average molecular weight is 284 g/mol. The Kier molecular flexibility index (Phi) is 6.87. The third-order valence-corrected chi connectivity index (χ3v) is 3.43. The molecule has 1 rings (SSSR count). The van der Waals surface area contributed by atoms with Crippen molar-refractivity contribution in [1.82, 2.24) is 0 Å². The van der Waals surface area contributed by atoms with Crippen molar-refractivity contribution in [2.24, 2.45) is 0 Å². The van der Waals surface area contributed by atoms with Crippen LogP contribution in [-0.2, 0) is 0 Å². The maximum absolute atomic E-state index is 14.1. The van der Waals surface area contributed by atoms with Gasteiger partial charge in [-0.25, -0.2) is 4.39 Å². The van der Waals surface area contributed by atoms with Crippen molar-refractivity contribution in [3.63, 3.8) is 0 Å². The quantitative estimate of drug-likeness (QED) is 0.503. The van der Waals surface area contributed by atoms with Gasteiger partial charge in [-0.15, -0.1) is 0 Å². The zero-order chi connectivity index (χ0) is 15.8. The molecule has 0 atom stereocenters. The molecular weight excluding hydrogens is 259 g/mol. The van der Waals surface area contributed by atoms with Crippen LogP contribution in [-0.4, -0.2) is 0 Å². The van der Waals surface area contributed by atoms with Crippen LogP contribution in [0.15, 0.2) is 82.8 Å². The molecule has 0 fully saturated rings. The van der Waals surface area contributed by atoms with Gasteiger partial charge < -0.3 is 0 Å². The first kappa shape index (κ1) is 17.2. The summed E-state index contributed by atoms with van der Waals surface area (Å²) in [5.74, 6) is -0.198. The van der Waals surface area contributed by atoms with Crippen LogP contribution in [0, 0.1) is 0 Å². The smallest absolute Gasteiger partial charge is 0.126 e. The highest BCUT2D eigenvalue weighted by molar-refractivity contribution is 5.53. The minimum atomic E-state index is -0.198. The van der Waals surface area contributed by atoms with E-state index in [9.17, 15) is 4.39 Å². The minimum absolute atomic E-state index is 0.198. The number of rotatable bonds is 5. The third kappa shape index (κ3) is 5.18. The van der Waals surface area contributed by atoms with Gasteiger partial charge in [-0.1, -0.05) is 48.6 Å². The highest BCUT2D eigenvalue weighted by atomic mass is 19.1. The normalized spacial score (nSPS) is 17.9. The van der Waals surface area contributed by atoms with Crippen LogP contribution in [0.3, 0.4) is 0 Å². The Bertz CT molecular complexity index is 575. The van der Waals surface area contributed by atoms with Gasteiger partial charge in [0.15, 0.2) is 0 Å². The molecule has 0 amide bonds. The molecule has 0 unspecified atom stereocenters. The van der Waals surface area contributed by atoms with E-state index in [-0.39, 0.29) is 5.83 Å². The van der Waals surface area contributed by atoms with Crippen LogP contribution in [0.1, 0.15) is 40.5 Å². The molecule has 0 nitrogen and oxygen atoms in total. The fourth-order valence-corrected chi connectivity index (χ4v) is 2.46. The SMILES string of the molecule is C=C(C)C1=C(\C=C(C)/C(F)=C\C=C/C=C/C)CCC=C1C. The zero-order valence-corrected chi connectivity index (χ0v) is 13.5. The van der Waals surface area contributed by atoms with Gasteiger partial charge in [0.25, 0.3) is 0 Å². The van der Waals surface area contributed by atoms with Gasteiger partial charge >= 0.3 is 0 Å². The van der Waals surface area contributed by atoms with Crippen LogP contribution in [0.2, 0.25) is 0 Å². The second-order valence-electron chi connectivity index (χ2n) is 5.36. The van der Waals surface area contributed by atoms with Gasteiger partial charge in [-0.05, 0) is 68.9 Å². The lowest BCUT2D eigenvalue weighted by Gasteiger charge is -2.18. The summed E-state index contributed by atoms with van der Waals surface area (Å²) in [6.07, 6.45) is 14.9. The Balaban J connectivity index is 3.07. The van der Waals surface area contributed by atoms with Gasteiger partial charge in [-0.3, -0.25) is 0 Å². The Hall–Kier alpha value is -1.89. The van der Waals surface area contributed by atoms with E-state index in [4.69, 9.17) is 0 Å². The van der Waals surface area contributed by atoms with Gasteiger partial charge in [0.05, 0.1) is 0 Å². The Morgan fingerprint density at radius 3 is 2.57 bits per heavy atom. The van der Waals surface area contributed by atoms with Crippen molar-refractivity contribution < 1.29 is 4.39 Å². The molecule has 0 aromatic carbocycles. The molecular formula is C20H25F. The van der Waals surface area contributed by atoms with E-state index in [0.717, 1.165) is 18.4 Å². The van der Waals surface area contributed by atoms with Crippen molar-refractivity contribution in [1.29, 1.82) is 0 Å². The standard InChI is InChI=1S/C20H25F/c1-6-7-8-9-13-19(21)17(5)14-18-12-10-11-16(4)20(18)15(2)3/h6-9,11,13-14H,2,10,12H2,1,3-5H3/b7-6+,9-8-,17-14-,19-13+. The van der Waals surface area contributed by atoms with E-state index < -0.39 is 0 Å². The Morgan fingerprint density at radius 2 is 1.95 bits per heavy atom. The molecule has 0 aromatic heterocycles. The summed E-state index contributed by atoms with van der Waals surface area (Å²) < 4.78 is 14.1. The van der Waals surface area contributed by atoms with Gasteiger partial charge in [0.2, 0.25) is 0 Å². The van der Waals surface area contributed by atoms with Crippen molar-refractivity contribution in [2.45, 2.75) is 40.5 Å². The van der Waals surface area contributed by atoms with E-state index in [2.05, 4.69) is 19.6 Å². The van der Waals surface area contributed by atoms with Crippen LogP contribution in [0.4, 0.5) is 4.39 Å². The fraction of sp³-hybridized carbons (Fsp3) is 0.300. The summed E-state index contributed by atoms with van der Waals surface area (Å²) >= 11 is 0. The second-order valence-corrected chi connectivity index (χ2v) is 5.36. The monoisotopic (exact) mass is 284 g/mol. The van der Waals surface area contributed by atoms with E-state index in [1.807, 2.05) is 45.1 Å². The van der Waals surface area contributed by atoms with Crippen LogP contribution in [0.5, 0.6) is 0 Å². The lowest BCUT2D eigenvalue weighted by Crippen LogP contribution is -1.99. The molecule has 0 aromatic rings. The van der Waals surface area contributed by atoms with E-state index in [1.165, 1.54) is 22.8 Å². The van der Waals surface area contributed by atoms with Gasteiger partial charge in [0, 0.05) is 0 Å². The second kappa shape index (κ2) is 8.41. The molecule has 1 aliphatic carbocycles. The first-order chi connectivity index (χ1) is 9.97. The van der Waals surface area contributed by atoms with E-state index in [1.54, 1.807) is 6.08 Å². The maximum atomic E-state index is 14.1. The third-order valence-electron chi connectivity index (χ3n) is 3.43. The first-order valence-corrected chi connectivity index (χ1v) is 7.37. The minimum Gasteiger partial charge on any atom is -0.207 e. The summed E-state index contributed by atoms with van der Waals surface area (Å²) in [5.41, 5.74) is 5.30. The van der Waals surface area contributed by atoms with Crippen LogP contribution in [0.25, 0.3) is 0 Å². The number of allylic oxidation sites excluding steroid dienone is 13. The highest BCUT2D eigenvalue weighted by Gasteiger charge is 2.12. The van der Waals surface area contributed by atoms with Crippen molar-refractivity contribution in [3.05, 3.63) is 82.8 Å². The Morgan fingerprint density at radius 1 is 1.24 bits per heavy atom. The van der Waals surface area contributed by atoms with E-state index >= 15 is 0 Å². The fourth-order valence-electron chi connectivity index (χ4n) is 2.46. The summed E-state index contributed by atoms with van der Waals surface area (Å²) in [6.45, 7) is 11.9. The molecule has 0 saturated heterocycles. The number of hydrogen-bond donors (Lipinski definition) is 0. The largest absolute Gasteiger partial charge is 0.207 e. The molecule has 0 N–H and O–H groups in total. The van der Waals surface area contributed by atoms with Gasteiger partial charge in [0.1, 0.15) is 5.83 Å². The van der Waals surface area contributed by atoms with E-state index in [0.29, 0.717) is 5.57 Å². The topological polar surface area (TPSA) is 0 Å². The maximum Gasteiger partial charge on any atom is 0.126 e. The molecule has 0 spiro atoms. The molecule has 1 heteroatoms. The van der Waals surface area contributed by atoms with Gasteiger partial charge in [-0.2, -0.15) is 0 Å².